The number of hydrazone groups is 1. The molecule has 0 saturated carbocycles. The summed E-state index contributed by atoms with van der Waals surface area (Å²) in [5.74, 6) is -0.0240. The molecule has 4 rings (SSSR count). The molecule has 0 aliphatic carbocycles. The van der Waals surface area contributed by atoms with Gasteiger partial charge in [-0.15, -0.1) is 0 Å². The second-order valence-electron chi connectivity index (χ2n) is 5.00. The van der Waals surface area contributed by atoms with Gasteiger partial charge in [0, 0.05) is 23.7 Å². The molecule has 2 N–H and O–H groups in total. The van der Waals surface area contributed by atoms with Crippen molar-refractivity contribution in [1.29, 1.82) is 0 Å². The summed E-state index contributed by atoms with van der Waals surface area (Å²) >= 11 is 0. The Bertz CT molecular complexity index is 722. The van der Waals surface area contributed by atoms with Crippen LogP contribution >= 0.6 is 0 Å². The lowest BCUT2D eigenvalue weighted by Gasteiger charge is -2.12. The minimum absolute atomic E-state index is 0.113. The van der Waals surface area contributed by atoms with Gasteiger partial charge in [0.15, 0.2) is 0 Å². The Morgan fingerprint density at radius 1 is 1.05 bits per heavy atom. The third-order valence-corrected chi connectivity index (χ3v) is 3.87. The predicted molar refractivity (Wildman–Crippen MR) is 78.1 cm³/mol. The summed E-state index contributed by atoms with van der Waals surface area (Å²) in [5, 5.41) is 7.72. The van der Waals surface area contributed by atoms with Crippen LogP contribution in [0.4, 0.5) is 5.69 Å². The van der Waals surface area contributed by atoms with Crippen LogP contribution in [0.15, 0.2) is 53.6 Å². The van der Waals surface area contributed by atoms with Crippen LogP contribution in [0.25, 0.3) is 0 Å². The maximum atomic E-state index is 12.2. The predicted octanol–water partition coefficient (Wildman–Crippen LogP) is 2.34. The first-order valence-electron chi connectivity index (χ1n) is 6.65. The van der Waals surface area contributed by atoms with Crippen molar-refractivity contribution in [2.24, 2.45) is 5.10 Å². The third kappa shape index (κ3) is 1.54. The van der Waals surface area contributed by atoms with Crippen LogP contribution in [0.3, 0.4) is 0 Å². The van der Waals surface area contributed by atoms with Gasteiger partial charge in [-0.25, -0.2) is 5.43 Å². The standard InChI is InChI=1S/C16H13N3O/c20-16-11-7-4-8-13-14(11)12(9-17-13)15(18-19-16)10-5-2-1-3-6-10/h1-8,12,17H,9H2,(H,19,20). The third-order valence-electron chi connectivity index (χ3n) is 3.87. The quantitative estimate of drug-likeness (QED) is 0.829. The number of benzene rings is 2. The number of hydrogen-bond donors (Lipinski definition) is 2. The zero-order valence-corrected chi connectivity index (χ0v) is 10.8. The van der Waals surface area contributed by atoms with Crippen LogP contribution in [0.5, 0.6) is 0 Å². The highest BCUT2D eigenvalue weighted by atomic mass is 16.2. The molecular formula is C16H13N3O. The SMILES string of the molecule is O=C1NN=C(c2ccccc2)C2CNc3cccc1c32. The van der Waals surface area contributed by atoms with E-state index < -0.39 is 0 Å². The molecular weight excluding hydrogens is 250 g/mol. The van der Waals surface area contributed by atoms with Crippen LogP contribution in [0, 0.1) is 0 Å². The Balaban J connectivity index is 1.91. The smallest absolute Gasteiger partial charge is 0.271 e. The van der Waals surface area contributed by atoms with E-state index in [0.29, 0.717) is 5.56 Å². The van der Waals surface area contributed by atoms with Crippen molar-refractivity contribution in [3.8, 4) is 0 Å². The van der Waals surface area contributed by atoms with Crippen molar-refractivity contribution >= 4 is 17.3 Å². The second-order valence-corrected chi connectivity index (χ2v) is 5.00. The highest BCUT2D eigenvalue weighted by molar-refractivity contribution is 6.11. The van der Waals surface area contributed by atoms with Gasteiger partial charge in [-0.3, -0.25) is 4.79 Å². The van der Waals surface area contributed by atoms with E-state index in [1.807, 2.05) is 48.5 Å². The molecule has 2 aromatic rings. The molecule has 1 amide bonds. The van der Waals surface area contributed by atoms with E-state index in [4.69, 9.17) is 0 Å². The van der Waals surface area contributed by atoms with Crippen molar-refractivity contribution in [2.45, 2.75) is 5.92 Å². The number of hydrogen-bond acceptors (Lipinski definition) is 3. The molecule has 2 heterocycles. The van der Waals surface area contributed by atoms with Crippen molar-refractivity contribution in [1.82, 2.24) is 5.43 Å². The van der Waals surface area contributed by atoms with Crippen LogP contribution in [0.2, 0.25) is 0 Å². The normalized spacial score (nSPS) is 19.5. The molecule has 0 aromatic heterocycles. The van der Waals surface area contributed by atoms with Gasteiger partial charge in [0.2, 0.25) is 0 Å². The molecule has 2 aliphatic rings. The molecule has 0 radical (unpaired) electrons. The largest absolute Gasteiger partial charge is 0.384 e. The van der Waals surface area contributed by atoms with E-state index in [2.05, 4.69) is 15.8 Å². The number of carbonyl (C=O) groups is 1. The second kappa shape index (κ2) is 4.20. The Kier molecular flexibility index (Phi) is 2.36. The summed E-state index contributed by atoms with van der Waals surface area (Å²) in [6.45, 7) is 0.773. The number of amides is 1. The number of nitrogens with one attached hydrogen (secondary N) is 2. The van der Waals surface area contributed by atoms with Crippen molar-refractivity contribution in [3.05, 3.63) is 65.2 Å². The maximum Gasteiger partial charge on any atom is 0.271 e. The van der Waals surface area contributed by atoms with Crippen LogP contribution < -0.4 is 10.7 Å². The molecule has 2 aliphatic heterocycles. The van der Waals surface area contributed by atoms with Gasteiger partial charge in [-0.05, 0) is 23.3 Å². The Hall–Kier alpha value is -2.62. The molecule has 0 bridgehead atoms. The number of anilines is 1. The lowest BCUT2D eigenvalue weighted by atomic mass is 9.89. The average Bonchev–Trinajstić information content (AvgIpc) is 2.86. The van der Waals surface area contributed by atoms with Crippen molar-refractivity contribution < 1.29 is 4.79 Å². The fourth-order valence-corrected chi connectivity index (χ4v) is 2.96. The number of nitrogens with zero attached hydrogens (tertiary/aromatic N) is 1. The van der Waals surface area contributed by atoms with Crippen molar-refractivity contribution in [2.75, 3.05) is 11.9 Å². The Morgan fingerprint density at radius 3 is 2.75 bits per heavy atom. The highest BCUT2D eigenvalue weighted by Crippen LogP contribution is 2.37. The first-order chi connectivity index (χ1) is 9.84. The van der Waals surface area contributed by atoms with Gasteiger partial charge >= 0.3 is 0 Å². The lowest BCUT2D eigenvalue weighted by molar-refractivity contribution is 0.0955. The van der Waals surface area contributed by atoms with Gasteiger partial charge in [0.25, 0.3) is 5.91 Å². The zero-order valence-electron chi connectivity index (χ0n) is 10.8. The molecule has 0 spiro atoms. The average molecular weight is 263 g/mol. The first-order valence-corrected chi connectivity index (χ1v) is 6.65. The molecule has 4 heteroatoms. The Morgan fingerprint density at radius 2 is 1.90 bits per heavy atom. The molecule has 98 valence electrons. The first kappa shape index (κ1) is 11.2. The Labute approximate surface area is 116 Å². The summed E-state index contributed by atoms with van der Waals surface area (Å²) in [5.41, 5.74) is 7.43. The van der Waals surface area contributed by atoms with Gasteiger partial charge in [0.05, 0.1) is 5.71 Å². The van der Waals surface area contributed by atoms with E-state index in [0.717, 1.165) is 29.1 Å². The molecule has 4 nitrogen and oxygen atoms in total. The molecule has 0 saturated heterocycles. The summed E-state index contributed by atoms with van der Waals surface area (Å²) in [7, 11) is 0. The highest BCUT2D eigenvalue weighted by Gasteiger charge is 2.33. The topological polar surface area (TPSA) is 53.5 Å². The summed E-state index contributed by atoms with van der Waals surface area (Å²) in [6, 6.07) is 15.8. The van der Waals surface area contributed by atoms with Crippen LogP contribution in [0.1, 0.15) is 27.4 Å². The van der Waals surface area contributed by atoms with Gasteiger partial charge in [-0.1, -0.05) is 36.4 Å². The van der Waals surface area contributed by atoms with E-state index in [1.165, 1.54) is 0 Å². The minimum atomic E-state index is -0.138. The van der Waals surface area contributed by atoms with Gasteiger partial charge in [-0.2, -0.15) is 5.10 Å². The monoisotopic (exact) mass is 263 g/mol. The molecule has 1 atom stereocenters. The van der Waals surface area contributed by atoms with Gasteiger partial charge < -0.3 is 5.32 Å². The lowest BCUT2D eigenvalue weighted by Crippen LogP contribution is -2.19. The summed E-state index contributed by atoms with van der Waals surface area (Å²) in [6.07, 6.45) is 0. The maximum absolute atomic E-state index is 12.2. The van der Waals surface area contributed by atoms with E-state index in [-0.39, 0.29) is 11.8 Å². The van der Waals surface area contributed by atoms with E-state index in [9.17, 15) is 4.79 Å². The molecule has 20 heavy (non-hydrogen) atoms. The molecule has 2 aromatic carbocycles. The van der Waals surface area contributed by atoms with E-state index >= 15 is 0 Å². The molecule has 1 unspecified atom stereocenters. The number of rotatable bonds is 1. The summed E-state index contributed by atoms with van der Waals surface area (Å²) < 4.78 is 0. The van der Waals surface area contributed by atoms with E-state index in [1.54, 1.807) is 0 Å². The fraction of sp³-hybridized carbons (Fsp3) is 0.125. The zero-order chi connectivity index (χ0) is 13.5. The number of carbonyl (C=O) groups excluding carboxylic acids is 1. The van der Waals surface area contributed by atoms with Crippen molar-refractivity contribution in [3.63, 3.8) is 0 Å². The van der Waals surface area contributed by atoms with Gasteiger partial charge in [0.1, 0.15) is 0 Å². The summed E-state index contributed by atoms with van der Waals surface area (Å²) in [4.78, 5) is 12.2. The minimum Gasteiger partial charge on any atom is -0.384 e. The van der Waals surface area contributed by atoms with Crippen LogP contribution in [-0.4, -0.2) is 18.2 Å². The molecule has 0 fully saturated rings. The van der Waals surface area contributed by atoms with Crippen LogP contribution in [-0.2, 0) is 0 Å². The fourth-order valence-electron chi connectivity index (χ4n) is 2.96.